The largest absolute Gasteiger partial charge is 0.465 e. The highest BCUT2D eigenvalue weighted by atomic mass is 35.5. The number of benzene rings is 1. The third-order valence-electron chi connectivity index (χ3n) is 2.00. The van der Waals surface area contributed by atoms with E-state index < -0.39 is 11.9 Å². The molecule has 0 atom stereocenters. The van der Waals surface area contributed by atoms with Crippen molar-refractivity contribution in [3.63, 3.8) is 0 Å². The molecule has 0 spiro atoms. The van der Waals surface area contributed by atoms with Gasteiger partial charge in [-0.05, 0) is 6.07 Å². The van der Waals surface area contributed by atoms with E-state index in [9.17, 15) is 9.59 Å². The van der Waals surface area contributed by atoms with Gasteiger partial charge in [-0.1, -0.05) is 11.6 Å². The quantitative estimate of drug-likeness (QED) is 0.664. The van der Waals surface area contributed by atoms with Crippen LogP contribution in [-0.2, 0) is 9.53 Å². The van der Waals surface area contributed by atoms with Gasteiger partial charge in [0.1, 0.15) is 11.3 Å². The number of halogens is 1. The van der Waals surface area contributed by atoms with E-state index in [0.29, 0.717) is 10.7 Å². The SMILES string of the molecule is CNc1cc(OC(C)=O)c(C(=O)OC)cc1Cl. The van der Waals surface area contributed by atoms with Gasteiger partial charge in [0.25, 0.3) is 0 Å². The average molecular weight is 258 g/mol. The fourth-order valence-corrected chi connectivity index (χ4v) is 1.51. The minimum Gasteiger partial charge on any atom is -0.465 e. The van der Waals surface area contributed by atoms with Crippen molar-refractivity contribution in [1.29, 1.82) is 0 Å². The van der Waals surface area contributed by atoms with Crippen molar-refractivity contribution >= 4 is 29.2 Å². The van der Waals surface area contributed by atoms with Crippen LogP contribution in [0.1, 0.15) is 17.3 Å². The first-order chi connectivity index (χ1) is 7.99. The Hall–Kier alpha value is -1.75. The van der Waals surface area contributed by atoms with E-state index >= 15 is 0 Å². The number of nitrogens with one attached hydrogen (secondary N) is 1. The molecule has 0 aliphatic heterocycles. The van der Waals surface area contributed by atoms with Gasteiger partial charge in [-0.15, -0.1) is 0 Å². The number of anilines is 1. The summed E-state index contributed by atoms with van der Waals surface area (Å²) in [7, 11) is 2.90. The van der Waals surface area contributed by atoms with Gasteiger partial charge in [-0.3, -0.25) is 4.79 Å². The molecule has 0 amide bonds. The number of ether oxygens (including phenoxy) is 2. The fourth-order valence-electron chi connectivity index (χ4n) is 1.25. The molecule has 6 heteroatoms. The molecule has 0 saturated heterocycles. The normalized spacial score (nSPS) is 9.65. The van der Waals surface area contributed by atoms with E-state index in [2.05, 4.69) is 10.1 Å². The van der Waals surface area contributed by atoms with Crippen molar-refractivity contribution in [2.75, 3.05) is 19.5 Å². The molecule has 1 N–H and O–H groups in total. The summed E-state index contributed by atoms with van der Waals surface area (Å²) in [5, 5.41) is 3.15. The van der Waals surface area contributed by atoms with Gasteiger partial charge in [-0.2, -0.15) is 0 Å². The van der Waals surface area contributed by atoms with Crippen LogP contribution in [0.25, 0.3) is 0 Å². The Balaban J connectivity index is 3.30. The highest BCUT2D eigenvalue weighted by Gasteiger charge is 2.17. The molecule has 0 saturated carbocycles. The summed E-state index contributed by atoms with van der Waals surface area (Å²) in [5.74, 6) is -1.04. The molecule has 0 heterocycles. The van der Waals surface area contributed by atoms with Crippen LogP contribution in [0.3, 0.4) is 0 Å². The van der Waals surface area contributed by atoms with Crippen LogP contribution in [0, 0.1) is 0 Å². The zero-order valence-corrected chi connectivity index (χ0v) is 10.4. The van der Waals surface area contributed by atoms with E-state index in [1.165, 1.54) is 26.2 Å². The van der Waals surface area contributed by atoms with Gasteiger partial charge in [0.2, 0.25) is 0 Å². The predicted octanol–water partition coefficient (Wildman–Crippen LogP) is 2.09. The molecule has 1 aromatic carbocycles. The molecule has 0 fully saturated rings. The Bertz CT molecular complexity index is 459. The lowest BCUT2D eigenvalue weighted by molar-refractivity contribution is -0.131. The first kappa shape index (κ1) is 13.3. The van der Waals surface area contributed by atoms with Crippen molar-refractivity contribution in [1.82, 2.24) is 0 Å². The monoisotopic (exact) mass is 257 g/mol. The van der Waals surface area contributed by atoms with Crippen molar-refractivity contribution in [2.24, 2.45) is 0 Å². The van der Waals surface area contributed by atoms with Crippen molar-refractivity contribution in [3.8, 4) is 5.75 Å². The number of esters is 2. The zero-order chi connectivity index (χ0) is 13.0. The Morgan fingerprint density at radius 2 is 2.00 bits per heavy atom. The Kier molecular flexibility index (Phi) is 4.34. The predicted molar refractivity (Wildman–Crippen MR) is 63.6 cm³/mol. The maximum absolute atomic E-state index is 11.5. The summed E-state index contributed by atoms with van der Waals surface area (Å²) < 4.78 is 9.51. The summed E-state index contributed by atoms with van der Waals surface area (Å²) >= 11 is 5.93. The van der Waals surface area contributed by atoms with Gasteiger partial charge in [-0.25, -0.2) is 4.79 Å². The van der Waals surface area contributed by atoms with Crippen molar-refractivity contribution < 1.29 is 19.1 Å². The zero-order valence-electron chi connectivity index (χ0n) is 9.67. The minimum absolute atomic E-state index is 0.103. The standard InChI is InChI=1S/C11H12ClNO4/c1-6(14)17-10-5-9(13-2)8(12)4-7(10)11(15)16-3/h4-5,13H,1-3H3. The first-order valence-corrected chi connectivity index (χ1v) is 5.15. The van der Waals surface area contributed by atoms with Crippen molar-refractivity contribution in [2.45, 2.75) is 6.92 Å². The Labute approximate surface area is 104 Å². The second kappa shape index (κ2) is 5.54. The van der Waals surface area contributed by atoms with E-state index in [1.807, 2.05) is 0 Å². The number of methoxy groups -OCH3 is 1. The topological polar surface area (TPSA) is 64.6 Å². The second-order valence-electron chi connectivity index (χ2n) is 3.16. The van der Waals surface area contributed by atoms with Gasteiger partial charge >= 0.3 is 11.9 Å². The number of rotatable bonds is 3. The van der Waals surface area contributed by atoms with E-state index in [0.717, 1.165) is 0 Å². The van der Waals surface area contributed by atoms with Crippen LogP contribution >= 0.6 is 11.6 Å². The maximum atomic E-state index is 11.5. The van der Waals surface area contributed by atoms with Crippen LogP contribution < -0.4 is 10.1 Å². The van der Waals surface area contributed by atoms with E-state index in [1.54, 1.807) is 7.05 Å². The van der Waals surface area contributed by atoms with Crippen LogP contribution in [0.2, 0.25) is 5.02 Å². The van der Waals surface area contributed by atoms with E-state index in [-0.39, 0.29) is 11.3 Å². The maximum Gasteiger partial charge on any atom is 0.341 e. The second-order valence-corrected chi connectivity index (χ2v) is 3.57. The van der Waals surface area contributed by atoms with Crippen LogP contribution in [-0.4, -0.2) is 26.1 Å². The third-order valence-corrected chi connectivity index (χ3v) is 2.31. The molecule has 0 bridgehead atoms. The van der Waals surface area contributed by atoms with Gasteiger partial charge in [0.15, 0.2) is 0 Å². The highest BCUT2D eigenvalue weighted by molar-refractivity contribution is 6.33. The van der Waals surface area contributed by atoms with Gasteiger partial charge < -0.3 is 14.8 Å². The fraction of sp³-hybridized carbons (Fsp3) is 0.273. The molecule has 0 aliphatic rings. The Morgan fingerprint density at radius 3 is 2.47 bits per heavy atom. The molecular weight excluding hydrogens is 246 g/mol. The summed E-state index contributed by atoms with van der Waals surface area (Å²) in [6.45, 7) is 1.24. The summed E-state index contributed by atoms with van der Waals surface area (Å²) in [6.07, 6.45) is 0. The molecular formula is C11H12ClNO4. The minimum atomic E-state index is -0.620. The number of hydrogen-bond donors (Lipinski definition) is 1. The molecule has 17 heavy (non-hydrogen) atoms. The lowest BCUT2D eigenvalue weighted by Gasteiger charge is -2.11. The molecule has 5 nitrogen and oxygen atoms in total. The summed E-state index contributed by atoms with van der Waals surface area (Å²) in [4.78, 5) is 22.4. The smallest absolute Gasteiger partial charge is 0.341 e. The van der Waals surface area contributed by atoms with Crippen molar-refractivity contribution in [3.05, 3.63) is 22.7 Å². The molecule has 0 unspecified atom stereocenters. The Morgan fingerprint density at radius 1 is 1.35 bits per heavy atom. The van der Waals surface area contributed by atoms with E-state index in [4.69, 9.17) is 16.3 Å². The molecule has 0 aliphatic carbocycles. The lowest BCUT2D eigenvalue weighted by Crippen LogP contribution is -2.09. The van der Waals surface area contributed by atoms with Crippen LogP contribution in [0.4, 0.5) is 5.69 Å². The molecule has 92 valence electrons. The number of carbonyl (C=O) groups excluding carboxylic acids is 2. The third kappa shape index (κ3) is 3.10. The number of carbonyl (C=O) groups is 2. The summed E-state index contributed by atoms with van der Waals surface area (Å²) in [5.41, 5.74) is 0.655. The van der Waals surface area contributed by atoms with Gasteiger partial charge in [0.05, 0.1) is 17.8 Å². The molecule has 0 radical (unpaired) electrons. The number of hydrogen-bond acceptors (Lipinski definition) is 5. The lowest BCUT2D eigenvalue weighted by atomic mass is 10.2. The van der Waals surface area contributed by atoms with Crippen LogP contribution in [0.5, 0.6) is 5.75 Å². The average Bonchev–Trinajstić information content (AvgIpc) is 2.29. The van der Waals surface area contributed by atoms with Crippen LogP contribution in [0.15, 0.2) is 12.1 Å². The highest BCUT2D eigenvalue weighted by Crippen LogP contribution is 2.31. The first-order valence-electron chi connectivity index (χ1n) is 4.77. The van der Waals surface area contributed by atoms with Gasteiger partial charge in [0, 0.05) is 20.0 Å². The molecule has 1 rings (SSSR count). The summed E-state index contributed by atoms with van der Waals surface area (Å²) in [6, 6.07) is 2.85. The molecule has 1 aromatic rings. The molecule has 0 aromatic heterocycles.